The Hall–Kier alpha value is -3.16. The third-order valence-corrected chi connectivity index (χ3v) is 8.16. The number of halogens is 1. The lowest BCUT2D eigenvalue weighted by Crippen LogP contribution is -2.43. The Labute approximate surface area is 233 Å². The number of aromatic nitrogens is 1. The van der Waals surface area contributed by atoms with E-state index in [0.717, 1.165) is 59.5 Å². The first-order valence-electron chi connectivity index (χ1n) is 13.6. The van der Waals surface area contributed by atoms with Crippen molar-refractivity contribution in [2.75, 3.05) is 4.90 Å². The zero-order chi connectivity index (χ0) is 27.5. The summed E-state index contributed by atoms with van der Waals surface area (Å²) >= 11 is 6.57. The van der Waals surface area contributed by atoms with Gasteiger partial charge in [0.1, 0.15) is 17.1 Å². The van der Waals surface area contributed by atoms with Gasteiger partial charge in [-0.3, -0.25) is 4.79 Å². The minimum atomic E-state index is -0.562. The van der Waals surface area contributed by atoms with Crippen LogP contribution in [0, 0.1) is 12.8 Å². The molecule has 7 nitrogen and oxygen atoms in total. The van der Waals surface area contributed by atoms with Crippen LogP contribution in [0.5, 0.6) is 0 Å². The second-order valence-corrected chi connectivity index (χ2v) is 12.3. The predicted molar refractivity (Wildman–Crippen MR) is 148 cm³/mol. The van der Waals surface area contributed by atoms with Crippen LogP contribution in [-0.2, 0) is 20.9 Å². The van der Waals surface area contributed by atoms with Crippen molar-refractivity contribution in [3.8, 4) is 11.3 Å². The highest BCUT2D eigenvalue weighted by molar-refractivity contribution is 6.33. The number of aryl methyl sites for hydroxylation is 1. The molecule has 1 aromatic heterocycles. The van der Waals surface area contributed by atoms with Crippen molar-refractivity contribution in [3.05, 3.63) is 69.9 Å². The van der Waals surface area contributed by atoms with E-state index in [1.807, 2.05) is 62.9 Å². The molecule has 39 heavy (non-hydrogen) atoms. The van der Waals surface area contributed by atoms with Gasteiger partial charge in [0.05, 0.1) is 29.2 Å². The molecule has 2 aromatic carbocycles. The van der Waals surface area contributed by atoms with Gasteiger partial charge in [0.2, 0.25) is 5.91 Å². The molecular formula is C31H33ClN2O5. The van der Waals surface area contributed by atoms with E-state index >= 15 is 0 Å². The molecule has 2 saturated carbocycles. The number of hydrogen-bond donors (Lipinski definition) is 0. The molecule has 2 heterocycles. The van der Waals surface area contributed by atoms with Crippen LogP contribution in [0.4, 0.5) is 5.69 Å². The maximum atomic E-state index is 13.4. The molecule has 204 valence electrons. The maximum absolute atomic E-state index is 13.4. The van der Waals surface area contributed by atoms with Crippen molar-refractivity contribution in [3.63, 3.8) is 0 Å². The number of ether oxygens (including phenoxy) is 2. The van der Waals surface area contributed by atoms with Crippen LogP contribution >= 0.6 is 11.6 Å². The van der Waals surface area contributed by atoms with Crippen LogP contribution in [0.25, 0.3) is 11.3 Å². The molecule has 0 radical (unpaired) electrons. The Bertz CT molecular complexity index is 1400. The summed E-state index contributed by atoms with van der Waals surface area (Å²) in [5, 5.41) is 5.06. The lowest BCUT2D eigenvalue weighted by molar-refractivity contribution is -0.126. The zero-order valence-electron chi connectivity index (χ0n) is 22.7. The van der Waals surface area contributed by atoms with Gasteiger partial charge in [-0.1, -0.05) is 28.9 Å². The van der Waals surface area contributed by atoms with Gasteiger partial charge in [-0.25, -0.2) is 4.79 Å². The number of esters is 1. The molecule has 0 N–H and O–H groups in total. The Morgan fingerprint density at radius 2 is 1.87 bits per heavy atom. The molecular weight excluding hydrogens is 516 g/mol. The molecule has 1 saturated heterocycles. The fourth-order valence-corrected chi connectivity index (χ4v) is 6.18. The second-order valence-electron chi connectivity index (χ2n) is 11.9. The summed E-state index contributed by atoms with van der Waals surface area (Å²) in [5.41, 5.74) is 4.29. The van der Waals surface area contributed by atoms with Gasteiger partial charge in [0.15, 0.2) is 0 Å². The Morgan fingerprint density at radius 1 is 1.13 bits per heavy atom. The number of anilines is 1. The molecule has 2 bridgehead atoms. The topological polar surface area (TPSA) is 81.9 Å². The number of carbonyl (C=O) groups is 2. The van der Waals surface area contributed by atoms with E-state index in [-0.39, 0.29) is 29.9 Å². The number of fused-ring (bicyclic) bond motifs is 2. The van der Waals surface area contributed by atoms with Crippen molar-refractivity contribution in [2.45, 2.75) is 83.6 Å². The number of nitrogens with zero attached hydrogens (tertiary/aromatic N) is 2. The summed E-state index contributed by atoms with van der Waals surface area (Å²) in [4.78, 5) is 27.7. The summed E-state index contributed by atoms with van der Waals surface area (Å²) in [6, 6.07) is 13.0. The standard InChI is InChI=1S/C31H33ClN2O5/c1-17-6-5-7-24(32)26(17)27-23(28(39-33-27)18-8-9-18)16-37-25-15-21-14-22(25)29(35)34(21)20-12-10-19(11-13-20)30(36)38-31(2,3)4/h5-7,10-13,18,21-22,25H,8-9,14-16H2,1-4H3/t21-,22+,25+/m0/s1. The number of amides is 1. The van der Waals surface area contributed by atoms with E-state index in [4.69, 9.17) is 25.6 Å². The summed E-state index contributed by atoms with van der Waals surface area (Å²) in [7, 11) is 0. The zero-order valence-corrected chi connectivity index (χ0v) is 23.5. The molecule has 1 amide bonds. The van der Waals surface area contributed by atoms with Crippen molar-refractivity contribution in [1.29, 1.82) is 0 Å². The summed E-state index contributed by atoms with van der Waals surface area (Å²) < 4.78 is 17.7. The fourth-order valence-electron chi connectivity index (χ4n) is 5.87. The summed E-state index contributed by atoms with van der Waals surface area (Å²) in [6.45, 7) is 7.87. The van der Waals surface area contributed by atoms with Crippen LogP contribution in [0.2, 0.25) is 5.02 Å². The minimum Gasteiger partial charge on any atom is -0.456 e. The van der Waals surface area contributed by atoms with Gasteiger partial charge in [0.25, 0.3) is 0 Å². The van der Waals surface area contributed by atoms with Crippen molar-refractivity contribution in [2.24, 2.45) is 5.92 Å². The molecule has 1 aliphatic heterocycles. The summed E-state index contributed by atoms with van der Waals surface area (Å²) in [6.07, 6.45) is 3.51. The molecule has 0 unspecified atom stereocenters. The van der Waals surface area contributed by atoms with Gasteiger partial charge in [-0.2, -0.15) is 0 Å². The normalized spacial score (nSPS) is 22.5. The average Bonchev–Trinajstić information content (AvgIpc) is 3.38. The van der Waals surface area contributed by atoms with E-state index < -0.39 is 5.60 Å². The SMILES string of the molecule is Cc1cccc(Cl)c1-c1noc(C2CC2)c1CO[C@@H]1C[C@@H]2C[C@H]1C(=O)N2c1ccc(C(=O)OC(C)(C)C)cc1. The van der Waals surface area contributed by atoms with Gasteiger partial charge >= 0.3 is 5.97 Å². The molecule has 8 heteroatoms. The van der Waals surface area contributed by atoms with Gasteiger partial charge in [-0.15, -0.1) is 0 Å². The molecule has 3 aliphatic rings. The molecule has 3 atom stereocenters. The van der Waals surface area contributed by atoms with Crippen LogP contribution < -0.4 is 4.90 Å². The number of carbonyl (C=O) groups excluding carboxylic acids is 2. The predicted octanol–water partition coefficient (Wildman–Crippen LogP) is 6.85. The smallest absolute Gasteiger partial charge is 0.338 e. The highest BCUT2D eigenvalue weighted by Gasteiger charge is 2.52. The maximum Gasteiger partial charge on any atom is 0.338 e. The third kappa shape index (κ3) is 4.98. The van der Waals surface area contributed by atoms with Gasteiger partial charge < -0.3 is 18.9 Å². The van der Waals surface area contributed by atoms with E-state index in [1.54, 1.807) is 12.1 Å². The van der Waals surface area contributed by atoms with E-state index in [1.165, 1.54) is 0 Å². The second kappa shape index (κ2) is 9.79. The van der Waals surface area contributed by atoms with Crippen molar-refractivity contribution >= 4 is 29.2 Å². The highest BCUT2D eigenvalue weighted by Crippen LogP contribution is 2.47. The van der Waals surface area contributed by atoms with E-state index in [9.17, 15) is 9.59 Å². The fraction of sp³-hybridized carbons (Fsp3) is 0.452. The van der Waals surface area contributed by atoms with Crippen LogP contribution in [-0.4, -0.2) is 34.8 Å². The lowest BCUT2D eigenvalue weighted by atomic mass is 10.00. The van der Waals surface area contributed by atoms with Crippen molar-refractivity contribution in [1.82, 2.24) is 5.16 Å². The molecule has 3 fully saturated rings. The van der Waals surface area contributed by atoms with E-state index in [0.29, 0.717) is 23.1 Å². The minimum absolute atomic E-state index is 0.0653. The lowest BCUT2D eigenvalue weighted by Gasteiger charge is -2.31. The van der Waals surface area contributed by atoms with Gasteiger partial charge in [-0.05, 0) is 89.3 Å². The highest BCUT2D eigenvalue weighted by atomic mass is 35.5. The quantitative estimate of drug-likeness (QED) is 0.300. The first-order chi connectivity index (χ1) is 18.6. The first-order valence-corrected chi connectivity index (χ1v) is 14.0. The molecule has 3 aromatic rings. The largest absolute Gasteiger partial charge is 0.456 e. The Kier molecular flexibility index (Phi) is 6.55. The number of benzene rings is 2. The Balaban J connectivity index is 1.16. The van der Waals surface area contributed by atoms with E-state index in [2.05, 4.69) is 5.16 Å². The van der Waals surface area contributed by atoms with Crippen LogP contribution in [0.1, 0.15) is 79.6 Å². The van der Waals surface area contributed by atoms with Gasteiger partial charge in [0, 0.05) is 28.8 Å². The van der Waals surface area contributed by atoms with Crippen LogP contribution in [0.3, 0.4) is 0 Å². The Morgan fingerprint density at radius 3 is 2.51 bits per heavy atom. The number of hydrogen-bond acceptors (Lipinski definition) is 6. The van der Waals surface area contributed by atoms with Crippen molar-refractivity contribution < 1.29 is 23.6 Å². The molecule has 2 aliphatic carbocycles. The first kappa shape index (κ1) is 26.1. The summed E-state index contributed by atoms with van der Waals surface area (Å²) in [5.74, 6) is 0.743. The number of piperidine rings is 1. The third-order valence-electron chi connectivity index (χ3n) is 7.85. The monoisotopic (exact) mass is 548 g/mol. The van der Waals surface area contributed by atoms with Crippen LogP contribution in [0.15, 0.2) is 47.0 Å². The number of rotatable bonds is 7. The average molecular weight is 549 g/mol. The molecule has 6 rings (SSSR count). The molecule has 0 spiro atoms.